The smallest absolute Gasteiger partial charge is 0.0962 e. The summed E-state index contributed by atoms with van der Waals surface area (Å²) in [6.45, 7) is 0. The predicted molar refractivity (Wildman–Crippen MR) is 77.9 cm³/mol. The molecule has 0 saturated heterocycles. The minimum Gasteiger partial charge on any atom is -0.232 e. The number of hydrogen-bond donors (Lipinski definition) is 1. The molecule has 0 amide bonds. The van der Waals surface area contributed by atoms with Crippen molar-refractivity contribution in [2.45, 2.75) is 5.92 Å². The van der Waals surface area contributed by atoms with Crippen LogP contribution in [-0.4, -0.2) is 0 Å². The molecule has 0 fully saturated rings. The number of benzene rings is 2. The van der Waals surface area contributed by atoms with E-state index in [2.05, 4.69) is 6.07 Å². The second-order valence-electron chi connectivity index (χ2n) is 4.02. The quantitative estimate of drug-likeness (QED) is 0.531. The van der Waals surface area contributed by atoms with Crippen molar-refractivity contribution >= 4 is 29.1 Å². The molecule has 2 aromatic rings. The van der Waals surface area contributed by atoms with Gasteiger partial charge in [-0.05, 0) is 35.4 Å². The number of rotatable bonds is 3. The van der Waals surface area contributed by atoms with Crippen molar-refractivity contribution in [3.8, 4) is 6.07 Å². The van der Waals surface area contributed by atoms with E-state index < -0.39 is 0 Å². The highest BCUT2D eigenvalue weighted by atomic mass is 35.5. The molecule has 2 N–H and O–H groups in total. The summed E-state index contributed by atoms with van der Waals surface area (Å²) >= 11 is 11.5. The van der Waals surface area contributed by atoms with E-state index in [1.165, 1.54) is 0 Å². The van der Waals surface area contributed by atoms with Crippen LogP contribution in [-0.2, 0) is 0 Å². The first-order valence-electron chi connectivity index (χ1n) is 5.57. The Hall–Kier alpha value is -1.73. The fourth-order valence-electron chi connectivity index (χ4n) is 1.81. The second kappa shape index (κ2) is 5.94. The number of nitrogens with zero attached hydrogens (tertiary/aromatic N) is 2. The SMILES string of the molecule is N#CC(c1ccc(Cl)cc1)c1ccc(N(N)Cl)cc1. The Morgan fingerprint density at radius 2 is 1.47 bits per heavy atom. The maximum atomic E-state index is 9.34. The average molecular weight is 292 g/mol. The Morgan fingerprint density at radius 1 is 1.00 bits per heavy atom. The van der Waals surface area contributed by atoms with E-state index in [0.717, 1.165) is 15.7 Å². The molecule has 1 unspecified atom stereocenters. The summed E-state index contributed by atoms with van der Waals surface area (Å²) in [4.78, 5) is 0. The molecule has 0 aliphatic carbocycles. The van der Waals surface area contributed by atoms with E-state index in [1.807, 2.05) is 24.3 Å². The van der Waals surface area contributed by atoms with Crippen molar-refractivity contribution in [3.63, 3.8) is 0 Å². The Morgan fingerprint density at radius 3 is 1.89 bits per heavy atom. The monoisotopic (exact) mass is 291 g/mol. The molecule has 0 aliphatic rings. The van der Waals surface area contributed by atoms with Gasteiger partial charge in [0.25, 0.3) is 0 Å². The number of halogens is 2. The van der Waals surface area contributed by atoms with Gasteiger partial charge >= 0.3 is 0 Å². The summed E-state index contributed by atoms with van der Waals surface area (Å²) in [7, 11) is 0. The lowest BCUT2D eigenvalue weighted by Gasteiger charge is -2.12. The van der Waals surface area contributed by atoms with Gasteiger partial charge in [0, 0.05) is 16.8 Å². The van der Waals surface area contributed by atoms with Crippen LogP contribution in [0.1, 0.15) is 17.0 Å². The molecule has 0 radical (unpaired) electrons. The van der Waals surface area contributed by atoms with Crippen LogP contribution in [0.5, 0.6) is 0 Å². The van der Waals surface area contributed by atoms with Crippen LogP contribution < -0.4 is 10.4 Å². The molecule has 0 heterocycles. The molecule has 2 rings (SSSR count). The van der Waals surface area contributed by atoms with E-state index in [1.54, 1.807) is 24.3 Å². The number of hydrazine groups is 1. The lowest BCUT2D eigenvalue weighted by Crippen LogP contribution is -2.18. The van der Waals surface area contributed by atoms with Gasteiger partial charge in [0.15, 0.2) is 0 Å². The van der Waals surface area contributed by atoms with Gasteiger partial charge in [0.1, 0.15) is 0 Å². The third-order valence-corrected chi connectivity index (χ3v) is 3.25. The summed E-state index contributed by atoms with van der Waals surface area (Å²) in [6.07, 6.45) is 0. The maximum Gasteiger partial charge on any atom is 0.0962 e. The largest absolute Gasteiger partial charge is 0.232 e. The van der Waals surface area contributed by atoms with Crippen molar-refractivity contribution in [2.75, 3.05) is 4.53 Å². The molecule has 0 aromatic heterocycles. The number of nitrogens with two attached hydrogens (primary N) is 1. The Balaban J connectivity index is 2.32. The molecule has 3 nitrogen and oxygen atoms in total. The van der Waals surface area contributed by atoms with E-state index in [4.69, 9.17) is 29.2 Å². The molecule has 0 aliphatic heterocycles. The van der Waals surface area contributed by atoms with Crippen molar-refractivity contribution < 1.29 is 0 Å². The zero-order valence-electron chi connectivity index (χ0n) is 9.92. The third-order valence-electron chi connectivity index (χ3n) is 2.81. The van der Waals surface area contributed by atoms with Gasteiger partial charge in [-0.3, -0.25) is 0 Å². The highest BCUT2D eigenvalue weighted by molar-refractivity contribution is 6.30. The number of hydrogen-bond acceptors (Lipinski definition) is 3. The van der Waals surface area contributed by atoms with Crippen LogP contribution in [0.25, 0.3) is 0 Å². The summed E-state index contributed by atoms with van der Waals surface area (Å²) in [5, 5.41) is 9.99. The molecule has 0 spiro atoms. The normalized spacial score (nSPS) is 11.7. The van der Waals surface area contributed by atoms with E-state index in [-0.39, 0.29) is 5.92 Å². The number of anilines is 1. The zero-order chi connectivity index (χ0) is 13.8. The van der Waals surface area contributed by atoms with Gasteiger partial charge in [0.05, 0.1) is 17.7 Å². The fraction of sp³-hybridized carbons (Fsp3) is 0.0714. The molecule has 1 atom stereocenters. The van der Waals surface area contributed by atoms with E-state index in [9.17, 15) is 5.26 Å². The van der Waals surface area contributed by atoms with Crippen LogP contribution >= 0.6 is 23.4 Å². The first-order valence-corrected chi connectivity index (χ1v) is 6.29. The standard InChI is InChI=1S/C14H11Cl2N3/c15-12-5-1-10(2-6-12)14(9-17)11-3-7-13(8-4-11)19(16)18/h1-8,14H,18H2. The van der Waals surface area contributed by atoms with Crippen molar-refractivity contribution in [1.29, 1.82) is 5.26 Å². The lowest BCUT2D eigenvalue weighted by molar-refractivity contribution is 1.04. The van der Waals surface area contributed by atoms with Gasteiger partial charge in [0.2, 0.25) is 0 Å². The Bertz CT molecular complexity index is 586. The average Bonchev–Trinajstić information content (AvgIpc) is 2.42. The van der Waals surface area contributed by atoms with Gasteiger partial charge in [-0.25, -0.2) is 10.4 Å². The lowest BCUT2D eigenvalue weighted by atomic mass is 9.92. The van der Waals surface area contributed by atoms with Gasteiger partial charge in [-0.15, -0.1) is 0 Å². The third kappa shape index (κ3) is 3.18. The second-order valence-corrected chi connectivity index (χ2v) is 4.82. The molecular formula is C14H11Cl2N3. The zero-order valence-corrected chi connectivity index (χ0v) is 11.4. The minimum atomic E-state index is -0.340. The van der Waals surface area contributed by atoms with Crippen molar-refractivity contribution in [3.05, 3.63) is 64.7 Å². The fourth-order valence-corrected chi connectivity index (χ4v) is 2.04. The Kier molecular flexibility index (Phi) is 4.28. The van der Waals surface area contributed by atoms with Crippen LogP contribution in [0.2, 0.25) is 5.02 Å². The molecule has 2 aromatic carbocycles. The molecule has 0 bridgehead atoms. The highest BCUT2D eigenvalue weighted by Crippen LogP contribution is 2.26. The Labute approximate surface area is 121 Å². The minimum absolute atomic E-state index is 0.340. The van der Waals surface area contributed by atoms with Crippen LogP contribution in [0, 0.1) is 11.3 Å². The van der Waals surface area contributed by atoms with Gasteiger partial charge in [-0.2, -0.15) is 5.26 Å². The topological polar surface area (TPSA) is 53.0 Å². The molecule has 19 heavy (non-hydrogen) atoms. The summed E-state index contributed by atoms with van der Waals surface area (Å²) in [6, 6.07) is 16.7. The summed E-state index contributed by atoms with van der Waals surface area (Å²) in [5.74, 6) is 5.08. The summed E-state index contributed by atoms with van der Waals surface area (Å²) < 4.78 is 1.01. The van der Waals surface area contributed by atoms with Gasteiger partial charge < -0.3 is 0 Å². The van der Waals surface area contributed by atoms with Crippen LogP contribution in [0.15, 0.2) is 48.5 Å². The molecule has 5 heteroatoms. The predicted octanol–water partition coefficient (Wildman–Crippen LogP) is 3.83. The van der Waals surface area contributed by atoms with Crippen LogP contribution in [0.3, 0.4) is 0 Å². The van der Waals surface area contributed by atoms with E-state index in [0.29, 0.717) is 10.7 Å². The van der Waals surface area contributed by atoms with Crippen molar-refractivity contribution in [2.24, 2.45) is 5.84 Å². The number of nitriles is 1. The first-order chi connectivity index (χ1) is 9.11. The molecular weight excluding hydrogens is 281 g/mol. The van der Waals surface area contributed by atoms with Crippen molar-refractivity contribution in [1.82, 2.24) is 0 Å². The van der Waals surface area contributed by atoms with E-state index >= 15 is 0 Å². The maximum absolute atomic E-state index is 9.34. The summed E-state index contributed by atoms with van der Waals surface area (Å²) in [5.41, 5.74) is 2.44. The first kappa shape index (κ1) is 13.7. The highest BCUT2D eigenvalue weighted by Gasteiger charge is 2.13. The molecule has 96 valence electrons. The van der Waals surface area contributed by atoms with Crippen LogP contribution in [0.4, 0.5) is 5.69 Å². The van der Waals surface area contributed by atoms with Gasteiger partial charge in [-0.1, -0.05) is 35.9 Å². The molecule has 0 saturated carbocycles.